The van der Waals surface area contributed by atoms with Crippen LogP contribution in [-0.2, 0) is 9.53 Å². The van der Waals surface area contributed by atoms with Crippen LogP contribution in [0.15, 0.2) is 60.2 Å². The number of nitrogens with one attached hydrogen (secondary N) is 2. The van der Waals surface area contributed by atoms with Crippen LogP contribution in [0.5, 0.6) is 5.75 Å². The lowest BCUT2D eigenvalue weighted by Gasteiger charge is -2.09. The first-order valence-electron chi connectivity index (χ1n) is 9.63. The molecule has 0 saturated carbocycles. The van der Waals surface area contributed by atoms with Gasteiger partial charge in [0.15, 0.2) is 0 Å². The molecule has 0 bridgehead atoms. The van der Waals surface area contributed by atoms with Gasteiger partial charge in [0.05, 0.1) is 6.61 Å². The van der Waals surface area contributed by atoms with E-state index in [1.165, 1.54) is 24.3 Å². The zero-order valence-electron chi connectivity index (χ0n) is 17.5. The molecule has 0 fully saturated rings. The smallest absolute Gasteiger partial charge is 0.434 e. The molecule has 2 N–H and O–H groups in total. The summed E-state index contributed by atoms with van der Waals surface area (Å²) in [6, 6.07) is 13.0. The Morgan fingerprint density at radius 2 is 1.63 bits per heavy atom. The average Bonchev–Trinajstić information content (AvgIpc) is 2.68. The van der Waals surface area contributed by atoms with Crippen LogP contribution in [0.25, 0.3) is 0 Å². The maximum absolute atomic E-state index is 12.5. The third kappa shape index (κ3) is 7.09. The average molecular weight is 410 g/mol. The fourth-order valence-corrected chi connectivity index (χ4v) is 2.35. The molecule has 0 atom stereocenters. The summed E-state index contributed by atoms with van der Waals surface area (Å²) in [7, 11) is 0. The summed E-state index contributed by atoms with van der Waals surface area (Å²) in [5.41, 5.74) is 2.47. The lowest BCUT2D eigenvalue weighted by Crippen LogP contribution is -2.13. The first-order valence-corrected chi connectivity index (χ1v) is 9.63. The Kier molecular flexibility index (Phi) is 8.17. The number of carbonyl (C=O) groups excluding carboxylic acids is 3. The van der Waals surface area contributed by atoms with E-state index < -0.39 is 6.16 Å². The molecule has 7 nitrogen and oxygen atoms in total. The number of rotatable bonds is 7. The van der Waals surface area contributed by atoms with Crippen LogP contribution in [0, 0.1) is 5.92 Å². The van der Waals surface area contributed by atoms with Crippen LogP contribution in [-0.4, -0.2) is 24.6 Å². The molecule has 30 heavy (non-hydrogen) atoms. The van der Waals surface area contributed by atoms with Crippen molar-refractivity contribution in [2.75, 3.05) is 17.2 Å². The van der Waals surface area contributed by atoms with Gasteiger partial charge in [0.25, 0.3) is 5.91 Å². The van der Waals surface area contributed by atoms with E-state index in [0.717, 1.165) is 5.57 Å². The predicted molar refractivity (Wildman–Crippen MR) is 116 cm³/mol. The fourth-order valence-electron chi connectivity index (χ4n) is 2.35. The highest BCUT2D eigenvalue weighted by Crippen LogP contribution is 2.18. The Labute approximate surface area is 176 Å². The SMILES string of the molecule is CCOC(=O)Oc1ccc(C(=O)Nc2cccc(NC(=O)/C=C(\C)C(C)C)c2)cc1. The van der Waals surface area contributed by atoms with Gasteiger partial charge >= 0.3 is 6.16 Å². The summed E-state index contributed by atoms with van der Waals surface area (Å²) in [4.78, 5) is 35.9. The first-order chi connectivity index (χ1) is 14.3. The third-order valence-electron chi connectivity index (χ3n) is 4.24. The molecular formula is C23H26N2O5. The van der Waals surface area contributed by atoms with Gasteiger partial charge in [-0.2, -0.15) is 0 Å². The highest BCUT2D eigenvalue weighted by molar-refractivity contribution is 6.05. The van der Waals surface area contributed by atoms with Crippen LogP contribution in [0.3, 0.4) is 0 Å². The lowest BCUT2D eigenvalue weighted by molar-refractivity contribution is -0.112. The Balaban J connectivity index is 2.00. The second kappa shape index (κ2) is 10.8. The normalized spacial score (nSPS) is 11.0. The molecular weight excluding hydrogens is 384 g/mol. The number of anilines is 2. The van der Waals surface area contributed by atoms with Crippen molar-refractivity contribution in [3.63, 3.8) is 0 Å². The van der Waals surface area contributed by atoms with Gasteiger partial charge in [-0.25, -0.2) is 4.79 Å². The molecule has 0 spiro atoms. The van der Waals surface area contributed by atoms with E-state index in [1.54, 1.807) is 37.3 Å². The van der Waals surface area contributed by atoms with Crippen molar-refractivity contribution >= 4 is 29.3 Å². The molecule has 0 aliphatic carbocycles. The summed E-state index contributed by atoms with van der Waals surface area (Å²) >= 11 is 0. The van der Waals surface area contributed by atoms with Gasteiger partial charge in [-0.15, -0.1) is 0 Å². The van der Waals surface area contributed by atoms with Gasteiger partial charge in [0, 0.05) is 23.0 Å². The fraction of sp³-hybridized carbons (Fsp3) is 0.261. The molecule has 2 amide bonds. The monoisotopic (exact) mass is 410 g/mol. The largest absolute Gasteiger partial charge is 0.513 e. The van der Waals surface area contributed by atoms with Crippen LogP contribution in [0.4, 0.5) is 16.2 Å². The van der Waals surface area contributed by atoms with Crippen molar-refractivity contribution in [3.05, 3.63) is 65.7 Å². The van der Waals surface area contributed by atoms with Crippen LogP contribution in [0.2, 0.25) is 0 Å². The zero-order chi connectivity index (χ0) is 22.1. The molecule has 0 aromatic heterocycles. The van der Waals surface area contributed by atoms with Crippen molar-refractivity contribution in [1.29, 1.82) is 0 Å². The minimum atomic E-state index is -0.799. The molecule has 2 rings (SSSR count). The standard InChI is InChI=1S/C23H26N2O5/c1-5-29-23(28)30-20-11-9-17(10-12-20)22(27)25-19-8-6-7-18(14-19)24-21(26)13-16(4)15(2)3/h6-15H,5H2,1-4H3,(H,24,26)(H,25,27)/b16-13+. The number of amides is 2. The molecule has 158 valence electrons. The van der Waals surface area contributed by atoms with Crippen molar-refractivity contribution in [2.24, 2.45) is 5.92 Å². The maximum Gasteiger partial charge on any atom is 0.513 e. The number of hydrogen-bond donors (Lipinski definition) is 2. The van der Waals surface area contributed by atoms with Crippen molar-refractivity contribution in [2.45, 2.75) is 27.7 Å². The van der Waals surface area contributed by atoms with E-state index in [0.29, 0.717) is 16.9 Å². The van der Waals surface area contributed by atoms with Gasteiger partial charge in [0.2, 0.25) is 5.91 Å². The Bertz CT molecular complexity index is 933. The van der Waals surface area contributed by atoms with E-state index >= 15 is 0 Å². The Hall–Kier alpha value is -3.61. The zero-order valence-corrected chi connectivity index (χ0v) is 17.5. The summed E-state index contributed by atoms with van der Waals surface area (Å²) < 4.78 is 9.66. The van der Waals surface area contributed by atoms with Crippen molar-refractivity contribution in [3.8, 4) is 5.75 Å². The second-order valence-electron chi connectivity index (χ2n) is 6.88. The van der Waals surface area contributed by atoms with E-state index in [1.807, 2.05) is 20.8 Å². The Morgan fingerprint density at radius 1 is 1.00 bits per heavy atom. The molecule has 7 heteroatoms. The van der Waals surface area contributed by atoms with Gasteiger partial charge < -0.3 is 20.1 Å². The molecule has 0 aliphatic rings. The minimum absolute atomic E-state index is 0.215. The highest BCUT2D eigenvalue weighted by Gasteiger charge is 2.10. The molecule has 2 aromatic carbocycles. The number of allylic oxidation sites excluding steroid dienone is 1. The van der Waals surface area contributed by atoms with E-state index in [4.69, 9.17) is 9.47 Å². The minimum Gasteiger partial charge on any atom is -0.434 e. The van der Waals surface area contributed by atoms with Crippen molar-refractivity contribution in [1.82, 2.24) is 0 Å². The second-order valence-corrected chi connectivity index (χ2v) is 6.88. The number of hydrogen-bond acceptors (Lipinski definition) is 5. The summed E-state index contributed by atoms with van der Waals surface area (Å²) in [6.45, 7) is 7.84. The maximum atomic E-state index is 12.5. The van der Waals surface area contributed by atoms with Crippen LogP contribution < -0.4 is 15.4 Å². The van der Waals surface area contributed by atoms with Gasteiger partial charge in [-0.1, -0.05) is 25.5 Å². The van der Waals surface area contributed by atoms with Crippen LogP contribution >= 0.6 is 0 Å². The first kappa shape index (κ1) is 22.7. The van der Waals surface area contributed by atoms with E-state index in [2.05, 4.69) is 10.6 Å². The lowest BCUT2D eigenvalue weighted by atomic mass is 10.1. The summed E-state index contributed by atoms with van der Waals surface area (Å²) in [5.74, 6) is 0.00785. The molecule has 0 radical (unpaired) electrons. The quantitative estimate of drug-likeness (QED) is 0.380. The number of carbonyl (C=O) groups is 3. The molecule has 0 aliphatic heterocycles. The number of ether oxygens (including phenoxy) is 2. The van der Waals surface area contributed by atoms with Gasteiger partial charge in [0.1, 0.15) is 5.75 Å². The van der Waals surface area contributed by atoms with E-state index in [9.17, 15) is 14.4 Å². The van der Waals surface area contributed by atoms with Crippen molar-refractivity contribution < 1.29 is 23.9 Å². The molecule has 0 heterocycles. The topological polar surface area (TPSA) is 93.7 Å². The van der Waals surface area contributed by atoms with Gasteiger partial charge in [-0.05, 0) is 62.2 Å². The molecule has 0 unspecified atom stereocenters. The summed E-state index contributed by atoms with van der Waals surface area (Å²) in [6.07, 6.45) is 0.766. The summed E-state index contributed by atoms with van der Waals surface area (Å²) in [5, 5.41) is 5.56. The number of benzene rings is 2. The Morgan fingerprint density at radius 3 is 2.23 bits per heavy atom. The van der Waals surface area contributed by atoms with Crippen LogP contribution in [0.1, 0.15) is 38.1 Å². The van der Waals surface area contributed by atoms with E-state index in [-0.39, 0.29) is 30.1 Å². The highest BCUT2D eigenvalue weighted by atomic mass is 16.7. The van der Waals surface area contributed by atoms with Gasteiger partial charge in [-0.3, -0.25) is 9.59 Å². The third-order valence-corrected chi connectivity index (χ3v) is 4.24. The predicted octanol–water partition coefficient (Wildman–Crippen LogP) is 5.02. The molecule has 0 saturated heterocycles. The molecule has 2 aromatic rings.